The van der Waals surface area contributed by atoms with Crippen LogP contribution in [0.3, 0.4) is 0 Å². The van der Waals surface area contributed by atoms with Gasteiger partial charge in [0.15, 0.2) is 5.13 Å². The van der Waals surface area contributed by atoms with Crippen molar-refractivity contribution in [3.8, 4) is 0 Å². The standard InChI is InChI=1S/C20H18F3N5O2S/c21-20(22,23)13-4-3-6-14(10-13)27-19-28-16(12-31-19)18(30)25-9-7-17(29)26-11-15-5-1-2-8-24-15/h1-6,8,10,12H,7,9,11H2,(H,25,30)(H,26,29)(H,27,28). The molecule has 0 aliphatic rings. The van der Waals surface area contributed by atoms with Gasteiger partial charge in [-0.2, -0.15) is 13.2 Å². The number of alkyl halides is 3. The molecule has 0 aliphatic carbocycles. The number of rotatable bonds is 8. The number of carbonyl (C=O) groups excluding carboxylic acids is 2. The van der Waals surface area contributed by atoms with E-state index in [1.165, 1.54) is 17.5 Å². The molecule has 0 fully saturated rings. The van der Waals surface area contributed by atoms with Crippen LogP contribution < -0.4 is 16.0 Å². The third kappa shape index (κ3) is 6.78. The molecule has 1 aromatic carbocycles. The Morgan fingerprint density at radius 3 is 2.65 bits per heavy atom. The SMILES string of the molecule is O=C(CCNC(=O)c1csc(Nc2cccc(C(F)(F)F)c2)n1)NCc1ccccn1. The van der Waals surface area contributed by atoms with Crippen molar-refractivity contribution < 1.29 is 22.8 Å². The van der Waals surface area contributed by atoms with Gasteiger partial charge in [-0.15, -0.1) is 11.3 Å². The van der Waals surface area contributed by atoms with Crippen molar-refractivity contribution in [2.75, 3.05) is 11.9 Å². The highest BCUT2D eigenvalue weighted by atomic mass is 32.1. The minimum Gasteiger partial charge on any atom is -0.350 e. The molecule has 2 aromatic heterocycles. The van der Waals surface area contributed by atoms with Crippen molar-refractivity contribution >= 4 is 34.0 Å². The minimum atomic E-state index is -4.45. The van der Waals surface area contributed by atoms with Gasteiger partial charge >= 0.3 is 6.18 Å². The molecule has 0 spiro atoms. The van der Waals surface area contributed by atoms with E-state index in [2.05, 4.69) is 25.9 Å². The summed E-state index contributed by atoms with van der Waals surface area (Å²) in [6, 6.07) is 10.1. The first-order valence-corrected chi connectivity index (χ1v) is 10.0. The van der Waals surface area contributed by atoms with Crippen LogP contribution in [0, 0.1) is 0 Å². The first kappa shape index (κ1) is 22.2. The number of carbonyl (C=O) groups is 2. The second-order valence-electron chi connectivity index (χ2n) is 6.35. The molecule has 3 rings (SSSR count). The fourth-order valence-electron chi connectivity index (χ4n) is 2.49. The van der Waals surface area contributed by atoms with E-state index in [1.807, 2.05) is 6.07 Å². The maximum absolute atomic E-state index is 12.8. The number of nitrogens with zero attached hydrogens (tertiary/aromatic N) is 2. The summed E-state index contributed by atoms with van der Waals surface area (Å²) in [7, 11) is 0. The van der Waals surface area contributed by atoms with Crippen molar-refractivity contribution in [3.05, 3.63) is 71.0 Å². The van der Waals surface area contributed by atoms with Gasteiger partial charge in [0, 0.05) is 30.2 Å². The van der Waals surface area contributed by atoms with Gasteiger partial charge in [-0.3, -0.25) is 14.6 Å². The second kappa shape index (κ2) is 10.0. The van der Waals surface area contributed by atoms with Gasteiger partial charge in [-0.05, 0) is 30.3 Å². The zero-order chi connectivity index (χ0) is 22.3. The fourth-order valence-corrected chi connectivity index (χ4v) is 3.20. The predicted molar refractivity (Wildman–Crippen MR) is 110 cm³/mol. The normalized spacial score (nSPS) is 11.1. The predicted octanol–water partition coefficient (Wildman–Crippen LogP) is 3.74. The molecule has 0 bridgehead atoms. The van der Waals surface area contributed by atoms with Gasteiger partial charge in [0.05, 0.1) is 17.8 Å². The van der Waals surface area contributed by atoms with Crippen molar-refractivity contribution in [1.29, 1.82) is 0 Å². The first-order chi connectivity index (χ1) is 14.8. The molecule has 0 saturated heterocycles. The lowest BCUT2D eigenvalue weighted by atomic mass is 10.2. The number of hydrogen-bond acceptors (Lipinski definition) is 6. The van der Waals surface area contributed by atoms with Crippen LogP contribution in [0.5, 0.6) is 0 Å². The molecular formula is C20H18F3N5O2S. The summed E-state index contributed by atoms with van der Waals surface area (Å²) in [6.07, 6.45) is -2.74. The highest BCUT2D eigenvalue weighted by Gasteiger charge is 2.30. The van der Waals surface area contributed by atoms with Crippen LogP contribution in [-0.2, 0) is 17.5 Å². The average Bonchev–Trinajstić information content (AvgIpc) is 3.21. The molecule has 7 nitrogen and oxygen atoms in total. The lowest BCUT2D eigenvalue weighted by molar-refractivity contribution is -0.137. The molecule has 0 atom stereocenters. The molecule has 0 saturated carbocycles. The van der Waals surface area contributed by atoms with E-state index in [1.54, 1.807) is 18.3 Å². The molecule has 162 valence electrons. The minimum absolute atomic E-state index is 0.0814. The molecule has 2 heterocycles. The fraction of sp³-hybridized carbons (Fsp3) is 0.200. The van der Waals surface area contributed by atoms with Crippen LogP contribution >= 0.6 is 11.3 Å². The molecule has 3 aromatic rings. The van der Waals surface area contributed by atoms with E-state index in [9.17, 15) is 22.8 Å². The van der Waals surface area contributed by atoms with Gasteiger partial charge in [0.25, 0.3) is 5.91 Å². The molecule has 0 radical (unpaired) electrons. The highest BCUT2D eigenvalue weighted by Crippen LogP contribution is 2.31. The maximum atomic E-state index is 12.8. The molecule has 0 aliphatic heterocycles. The number of halogens is 3. The van der Waals surface area contributed by atoms with Crippen LogP contribution in [0.25, 0.3) is 0 Å². The van der Waals surface area contributed by atoms with E-state index in [0.29, 0.717) is 6.54 Å². The summed E-state index contributed by atoms with van der Waals surface area (Å²) in [5.74, 6) is -0.720. The second-order valence-corrected chi connectivity index (χ2v) is 7.20. The summed E-state index contributed by atoms with van der Waals surface area (Å²) < 4.78 is 38.4. The number of pyridine rings is 1. The van der Waals surface area contributed by atoms with E-state index in [0.717, 1.165) is 29.2 Å². The van der Waals surface area contributed by atoms with Crippen LogP contribution in [0.15, 0.2) is 54.0 Å². The third-order valence-corrected chi connectivity index (χ3v) is 4.77. The van der Waals surface area contributed by atoms with Crippen molar-refractivity contribution in [2.24, 2.45) is 0 Å². The Morgan fingerprint density at radius 1 is 1.06 bits per heavy atom. The number of amides is 2. The first-order valence-electron chi connectivity index (χ1n) is 9.16. The number of nitrogens with one attached hydrogen (secondary N) is 3. The topological polar surface area (TPSA) is 96.0 Å². The Hall–Kier alpha value is -3.47. The zero-order valence-corrected chi connectivity index (χ0v) is 16.9. The van der Waals surface area contributed by atoms with Crippen LogP contribution in [0.4, 0.5) is 24.0 Å². The quantitative estimate of drug-likeness (QED) is 0.487. The molecule has 0 unspecified atom stereocenters. The molecule has 31 heavy (non-hydrogen) atoms. The van der Waals surface area contributed by atoms with Crippen molar-refractivity contribution in [3.63, 3.8) is 0 Å². The summed E-state index contributed by atoms with van der Waals surface area (Å²) in [6.45, 7) is 0.408. The average molecular weight is 449 g/mol. The molecule has 3 N–H and O–H groups in total. The van der Waals surface area contributed by atoms with E-state index >= 15 is 0 Å². The van der Waals surface area contributed by atoms with Gasteiger partial charge in [0.1, 0.15) is 5.69 Å². The third-order valence-electron chi connectivity index (χ3n) is 4.01. The highest BCUT2D eigenvalue weighted by molar-refractivity contribution is 7.14. The Bertz CT molecular complexity index is 1040. The Balaban J connectivity index is 1.45. The lowest BCUT2D eigenvalue weighted by Crippen LogP contribution is -2.30. The number of anilines is 2. The van der Waals surface area contributed by atoms with Crippen LogP contribution in [-0.4, -0.2) is 28.3 Å². The molecular weight excluding hydrogens is 431 g/mol. The van der Waals surface area contributed by atoms with Crippen molar-refractivity contribution in [2.45, 2.75) is 19.1 Å². The molecule has 11 heteroatoms. The smallest absolute Gasteiger partial charge is 0.350 e. The van der Waals surface area contributed by atoms with Gasteiger partial charge < -0.3 is 16.0 Å². The van der Waals surface area contributed by atoms with Gasteiger partial charge in [-0.25, -0.2) is 4.98 Å². The Kier molecular flexibility index (Phi) is 7.19. The summed E-state index contributed by atoms with van der Waals surface area (Å²) >= 11 is 1.08. The number of thiazole rings is 1. The van der Waals surface area contributed by atoms with E-state index in [-0.39, 0.29) is 35.4 Å². The van der Waals surface area contributed by atoms with Gasteiger partial charge in [-0.1, -0.05) is 12.1 Å². The van der Waals surface area contributed by atoms with Gasteiger partial charge in [0.2, 0.25) is 5.91 Å². The van der Waals surface area contributed by atoms with Crippen molar-refractivity contribution in [1.82, 2.24) is 20.6 Å². The van der Waals surface area contributed by atoms with E-state index < -0.39 is 17.6 Å². The molecule has 2 amide bonds. The number of hydrogen-bond donors (Lipinski definition) is 3. The lowest BCUT2D eigenvalue weighted by Gasteiger charge is -2.09. The maximum Gasteiger partial charge on any atom is 0.416 e. The monoisotopic (exact) mass is 449 g/mol. The number of benzene rings is 1. The van der Waals surface area contributed by atoms with E-state index in [4.69, 9.17) is 0 Å². The Labute approximate surface area is 179 Å². The summed E-state index contributed by atoms with van der Waals surface area (Å²) in [5.41, 5.74) is 0.255. The van der Waals surface area contributed by atoms with Crippen LogP contribution in [0.2, 0.25) is 0 Å². The Morgan fingerprint density at radius 2 is 1.90 bits per heavy atom. The number of aromatic nitrogens is 2. The van der Waals surface area contributed by atoms with Crippen LogP contribution in [0.1, 0.15) is 28.2 Å². The largest absolute Gasteiger partial charge is 0.416 e. The summed E-state index contributed by atoms with van der Waals surface area (Å²) in [4.78, 5) is 32.2. The zero-order valence-electron chi connectivity index (χ0n) is 16.1. The summed E-state index contributed by atoms with van der Waals surface area (Å²) in [5, 5.41) is 9.80.